The fourth-order valence-electron chi connectivity index (χ4n) is 2.17. The second kappa shape index (κ2) is 6.36. The zero-order chi connectivity index (χ0) is 14.7. The Kier molecular flexibility index (Phi) is 4.31. The summed E-state index contributed by atoms with van der Waals surface area (Å²) < 4.78 is 6.98. The third kappa shape index (κ3) is 3.14. The normalized spacial score (nSPS) is 12.3. The van der Waals surface area contributed by atoms with Crippen LogP contribution in [0.3, 0.4) is 0 Å². The highest BCUT2D eigenvalue weighted by molar-refractivity contribution is 14.1. The first-order valence-corrected chi connectivity index (χ1v) is 7.67. The molecule has 0 aliphatic carbocycles. The van der Waals surface area contributed by atoms with Crippen LogP contribution in [0.15, 0.2) is 59.0 Å². The zero-order valence-electron chi connectivity index (χ0n) is 11.5. The average Bonchev–Trinajstić information content (AvgIpc) is 2.99. The van der Waals surface area contributed by atoms with Gasteiger partial charge in [-0.2, -0.15) is 0 Å². The lowest BCUT2D eigenvalue weighted by Gasteiger charge is -2.11. The molecule has 2 aromatic carbocycles. The van der Waals surface area contributed by atoms with Gasteiger partial charge in [-0.1, -0.05) is 36.4 Å². The molecule has 3 aromatic rings. The van der Waals surface area contributed by atoms with Gasteiger partial charge in [0.1, 0.15) is 6.04 Å². The van der Waals surface area contributed by atoms with E-state index in [0.717, 1.165) is 14.7 Å². The van der Waals surface area contributed by atoms with Crippen LogP contribution in [0.1, 0.15) is 17.5 Å². The SMILES string of the molecule is CNC(c1ccccc1)c1nnc(-c2cccc(I)c2)o1. The lowest BCUT2D eigenvalue weighted by molar-refractivity contribution is 0.456. The number of nitrogens with zero attached hydrogens (tertiary/aromatic N) is 2. The van der Waals surface area contributed by atoms with Gasteiger partial charge >= 0.3 is 0 Å². The molecule has 1 heterocycles. The van der Waals surface area contributed by atoms with E-state index in [1.807, 2.05) is 61.6 Å². The summed E-state index contributed by atoms with van der Waals surface area (Å²) in [5.74, 6) is 1.11. The maximum atomic E-state index is 5.84. The van der Waals surface area contributed by atoms with Crippen molar-refractivity contribution in [2.24, 2.45) is 0 Å². The quantitative estimate of drug-likeness (QED) is 0.690. The molecule has 0 saturated carbocycles. The van der Waals surface area contributed by atoms with Crippen molar-refractivity contribution < 1.29 is 4.42 Å². The zero-order valence-corrected chi connectivity index (χ0v) is 13.6. The molecule has 0 amide bonds. The van der Waals surface area contributed by atoms with Gasteiger partial charge in [0, 0.05) is 9.13 Å². The number of halogens is 1. The van der Waals surface area contributed by atoms with Gasteiger partial charge in [-0.15, -0.1) is 10.2 Å². The van der Waals surface area contributed by atoms with E-state index in [2.05, 4.69) is 38.1 Å². The van der Waals surface area contributed by atoms with Crippen LogP contribution in [-0.4, -0.2) is 17.2 Å². The second-order valence-corrected chi connectivity index (χ2v) is 5.83. The predicted octanol–water partition coefficient (Wildman–Crippen LogP) is 3.65. The minimum atomic E-state index is -0.102. The Morgan fingerprint density at radius 3 is 2.57 bits per heavy atom. The maximum absolute atomic E-state index is 5.84. The Labute approximate surface area is 136 Å². The smallest absolute Gasteiger partial charge is 0.247 e. The largest absolute Gasteiger partial charge is 0.419 e. The highest BCUT2D eigenvalue weighted by atomic mass is 127. The van der Waals surface area contributed by atoms with Crippen LogP contribution in [0.2, 0.25) is 0 Å². The molecule has 0 aliphatic rings. The Bertz CT molecular complexity index is 727. The molecule has 0 spiro atoms. The van der Waals surface area contributed by atoms with E-state index in [1.54, 1.807) is 0 Å². The van der Waals surface area contributed by atoms with Gasteiger partial charge in [0.15, 0.2) is 0 Å². The molecular weight excluding hydrogens is 377 g/mol. The lowest BCUT2D eigenvalue weighted by Crippen LogP contribution is -2.17. The summed E-state index contributed by atoms with van der Waals surface area (Å²) >= 11 is 2.27. The molecule has 21 heavy (non-hydrogen) atoms. The first-order valence-electron chi connectivity index (χ1n) is 6.59. The van der Waals surface area contributed by atoms with Crippen molar-refractivity contribution in [2.45, 2.75) is 6.04 Å². The molecule has 5 heteroatoms. The van der Waals surface area contributed by atoms with Crippen LogP contribution >= 0.6 is 22.6 Å². The number of nitrogens with one attached hydrogen (secondary N) is 1. The minimum Gasteiger partial charge on any atom is -0.419 e. The molecule has 0 bridgehead atoms. The molecular formula is C16H14IN3O. The molecule has 1 unspecified atom stereocenters. The summed E-state index contributed by atoms with van der Waals surface area (Å²) in [6.45, 7) is 0. The highest BCUT2D eigenvalue weighted by Gasteiger charge is 2.19. The van der Waals surface area contributed by atoms with Crippen molar-refractivity contribution in [3.63, 3.8) is 0 Å². The van der Waals surface area contributed by atoms with E-state index in [0.29, 0.717) is 11.8 Å². The first-order chi connectivity index (χ1) is 10.3. The molecule has 1 atom stereocenters. The third-order valence-electron chi connectivity index (χ3n) is 3.18. The topological polar surface area (TPSA) is 51.0 Å². The molecule has 0 radical (unpaired) electrons. The highest BCUT2D eigenvalue weighted by Crippen LogP contribution is 2.25. The summed E-state index contributed by atoms with van der Waals surface area (Å²) in [6.07, 6.45) is 0. The van der Waals surface area contributed by atoms with Gasteiger partial charge in [-0.25, -0.2) is 0 Å². The molecule has 0 fully saturated rings. The monoisotopic (exact) mass is 391 g/mol. The van der Waals surface area contributed by atoms with Crippen LogP contribution in [0.25, 0.3) is 11.5 Å². The summed E-state index contributed by atoms with van der Waals surface area (Å²) in [6, 6.07) is 18.0. The molecule has 1 aromatic heterocycles. The molecule has 0 aliphatic heterocycles. The van der Waals surface area contributed by atoms with Crippen molar-refractivity contribution >= 4 is 22.6 Å². The van der Waals surface area contributed by atoms with E-state index in [4.69, 9.17) is 4.42 Å². The minimum absolute atomic E-state index is 0.102. The van der Waals surface area contributed by atoms with Crippen molar-refractivity contribution in [3.8, 4) is 11.5 Å². The van der Waals surface area contributed by atoms with Gasteiger partial charge < -0.3 is 9.73 Å². The maximum Gasteiger partial charge on any atom is 0.247 e. The molecule has 1 N–H and O–H groups in total. The Morgan fingerprint density at radius 2 is 1.86 bits per heavy atom. The summed E-state index contributed by atoms with van der Waals surface area (Å²) in [5.41, 5.74) is 2.03. The number of benzene rings is 2. The number of hydrogen-bond acceptors (Lipinski definition) is 4. The second-order valence-electron chi connectivity index (χ2n) is 4.59. The Morgan fingerprint density at radius 1 is 1.05 bits per heavy atom. The van der Waals surface area contributed by atoms with Crippen molar-refractivity contribution in [3.05, 3.63) is 69.6 Å². The van der Waals surface area contributed by atoms with Crippen molar-refractivity contribution in [1.82, 2.24) is 15.5 Å². The Hall–Kier alpha value is -1.73. The third-order valence-corrected chi connectivity index (χ3v) is 3.85. The van der Waals surface area contributed by atoms with E-state index >= 15 is 0 Å². The number of hydrogen-bond donors (Lipinski definition) is 1. The van der Waals surface area contributed by atoms with E-state index in [9.17, 15) is 0 Å². The molecule has 3 rings (SSSR count). The van der Waals surface area contributed by atoms with Gasteiger partial charge in [0.25, 0.3) is 0 Å². The molecule has 106 valence electrons. The predicted molar refractivity (Wildman–Crippen MR) is 89.8 cm³/mol. The van der Waals surface area contributed by atoms with Gasteiger partial charge in [-0.3, -0.25) is 0 Å². The summed E-state index contributed by atoms with van der Waals surface area (Å²) in [4.78, 5) is 0. The molecule has 4 nitrogen and oxygen atoms in total. The number of rotatable bonds is 4. The molecule has 0 saturated heterocycles. The van der Waals surface area contributed by atoms with Crippen molar-refractivity contribution in [1.29, 1.82) is 0 Å². The van der Waals surface area contributed by atoms with E-state index < -0.39 is 0 Å². The van der Waals surface area contributed by atoms with Crippen LogP contribution in [0.4, 0.5) is 0 Å². The van der Waals surface area contributed by atoms with Gasteiger partial charge in [0.2, 0.25) is 11.8 Å². The summed E-state index contributed by atoms with van der Waals surface area (Å²) in [5, 5.41) is 11.6. The van der Waals surface area contributed by atoms with Gasteiger partial charge in [0.05, 0.1) is 0 Å². The van der Waals surface area contributed by atoms with E-state index in [1.165, 1.54) is 0 Å². The number of aromatic nitrogens is 2. The first kappa shape index (κ1) is 14.2. The fourth-order valence-corrected chi connectivity index (χ4v) is 2.71. The standard InChI is InChI=1S/C16H14IN3O/c1-18-14(11-6-3-2-4-7-11)16-20-19-15(21-16)12-8-5-9-13(17)10-12/h2-10,14,18H,1H3. The average molecular weight is 391 g/mol. The van der Waals surface area contributed by atoms with Crippen molar-refractivity contribution in [2.75, 3.05) is 7.05 Å². The van der Waals surface area contributed by atoms with E-state index in [-0.39, 0.29) is 6.04 Å². The van der Waals surface area contributed by atoms with Crippen LogP contribution in [-0.2, 0) is 0 Å². The fraction of sp³-hybridized carbons (Fsp3) is 0.125. The Balaban J connectivity index is 1.94. The van der Waals surface area contributed by atoms with Gasteiger partial charge in [-0.05, 0) is 53.4 Å². The van der Waals surface area contributed by atoms with Crippen LogP contribution in [0.5, 0.6) is 0 Å². The summed E-state index contributed by atoms with van der Waals surface area (Å²) in [7, 11) is 1.88. The lowest BCUT2D eigenvalue weighted by atomic mass is 10.1. The van der Waals surface area contributed by atoms with Crippen LogP contribution < -0.4 is 5.32 Å². The van der Waals surface area contributed by atoms with Crippen LogP contribution in [0, 0.1) is 3.57 Å².